The van der Waals surface area contributed by atoms with Crippen molar-refractivity contribution < 1.29 is 4.74 Å². The number of hydrogen-bond acceptors (Lipinski definition) is 1. The highest BCUT2D eigenvalue weighted by Crippen LogP contribution is 2.27. The predicted molar refractivity (Wildman–Crippen MR) is 61.1 cm³/mol. The summed E-state index contributed by atoms with van der Waals surface area (Å²) >= 11 is 10.1. The van der Waals surface area contributed by atoms with Gasteiger partial charge in [0.25, 0.3) is 0 Å². The second kappa shape index (κ2) is 5.25. The Kier molecular flexibility index (Phi) is 4.61. The lowest BCUT2D eigenvalue weighted by molar-refractivity contribution is 0.345. The van der Waals surface area contributed by atoms with Gasteiger partial charge in [-0.25, -0.2) is 0 Å². The van der Waals surface area contributed by atoms with E-state index in [0.29, 0.717) is 6.61 Å². The highest BCUT2D eigenvalue weighted by molar-refractivity contribution is 9.13. The average Bonchev–Trinajstić information content (AvgIpc) is 2.07. The topological polar surface area (TPSA) is 9.23 Å². The van der Waals surface area contributed by atoms with Gasteiger partial charge in [-0.2, -0.15) is 0 Å². The molecule has 0 aliphatic carbocycles. The highest BCUT2D eigenvalue weighted by atomic mass is 79.9. The van der Waals surface area contributed by atoms with Gasteiger partial charge >= 0.3 is 0 Å². The molecule has 0 aromatic heterocycles. The van der Waals surface area contributed by atoms with Crippen molar-refractivity contribution in [2.24, 2.45) is 0 Å². The molecule has 0 atom stereocenters. The van der Waals surface area contributed by atoms with Crippen LogP contribution in [0.1, 0.15) is 0 Å². The Morgan fingerprint density at radius 3 is 2.50 bits per heavy atom. The molecular weight excluding hydrogens is 352 g/mol. The van der Waals surface area contributed by atoms with Crippen LogP contribution in [-0.4, -0.2) is 11.9 Å². The third-order valence-corrected chi connectivity index (χ3v) is 3.44. The van der Waals surface area contributed by atoms with Gasteiger partial charge in [-0.15, -0.1) is 0 Å². The Hall–Kier alpha value is 0.460. The zero-order chi connectivity index (χ0) is 8.97. The molecule has 12 heavy (non-hydrogen) atoms. The Labute approximate surface area is 96.9 Å². The molecule has 0 heterocycles. The second-order valence-corrected chi connectivity index (χ2v) is 4.62. The average molecular weight is 359 g/mol. The van der Waals surface area contributed by atoms with Gasteiger partial charge in [0.2, 0.25) is 0 Å². The molecule has 0 fully saturated rings. The monoisotopic (exact) mass is 356 g/mol. The van der Waals surface area contributed by atoms with Crippen LogP contribution in [-0.2, 0) is 0 Å². The smallest absolute Gasteiger partial charge is 0.120 e. The van der Waals surface area contributed by atoms with E-state index >= 15 is 0 Å². The molecule has 1 aromatic carbocycles. The molecule has 0 aliphatic heterocycles. The zero-order valence-corrected chi connectivity index (χ0v) is 10.9. The number of hydrogen-bond donors (Lipinski definition) is 0. The zero-order valence-electron chi connectivity index (χ0n) is 6.19. The van der Waals surface area contributed by atoms with E-state index in [9.17, 15) is 0 Å². The summed E-state index contributed by atoms with van der Waals surface area (Å²) in [6, 6.07) is 5.82. The summed E-state index contributed by atoms with van der Waals surface area (Å²) in [6.07, 6.45) is 0. The molecule has 0 amide bonds. The van der Waals surface area contributed by atoms with Crippen molar-refractivity contribution >= 4 is 47.8 Å². The predicted octanol–water partition coefficient (Wildman–Crippen LogP) is 3.99. The molecule has 0 aliphatic rings. The molecular formula is C8H7Br3O. The van der Waals surface area contributed by atoms with E-state index in [4.69, 9.17) is 4.74 Å². The number of halogens is 3. The summed E-state index contributed by atoms with van der Waals surface area (Å²) < 4.78 is 7.44. The van der Waals surface area contributed by atoms with Gasteiger partial charge in [-0.1, -0.05) is 15.9 Å². The Morgan fingerprint density at radius 1 is 1.17 bits per heavy atom. The molecule has 4 heteroatoms. The maximum absolute atomic E-state index is 5.39. The lowest BCUT2D eigenvalue weighted by Gasteiger charge is -2.04. The van der Waals surface area contributed by atoms with E-state index in [1.165, 1.54) is 0 Å². The van der Waals surface area contributed by atoms with Gasteiger partial charge in [0.15, 0.2) is 0 Å². The van der Waals surface area contributed by atoms with E-state index in [0.717, 1.165) is 20.0 Å². The van der Waals surface area contributed by atoms with E-state index in [2.05, 4.69) is 47.8 Å². The number of alkyl halides is 1. The van der Waals surface area contributed by atoms with Gasteiger partial charge in [0.1, 0.15) is 5.75 Å². The quantitative estimate of drug-likeness (QED) is 0.742. The Balaban J connectivity index is 2.69. The fourth-order valence-electron chi connectivity index (χ4n) is 0.723. The van der Waals surface area contributed by atoms with Gasteiger partial charge < -0.3 is 4.74 Å². The van der Waals surface area contributed by atoms with Crippen LogP contribution in [0.3, 0.4) is 0 Å². The Morgan fingerprint density at radius 2 is 1.92 bits per heavy atom. The summed E-state index contributed by atoms with van der Waals surface area (Å²) in [5.41, 5.74) is 0. The number of ether oxygens (including phenoxy) is 1. The Bertz CT molecular complexity index is 262. The molecule has 66 valence electrons. The molecule has 1 rings (SSSR count). The van der Waals surface area contributed by atoms with Crippen LogP contribution in [0.15, 0.2) is 27.1 Å². The SMILES string of the molecule is BrCCOc1ccc(Br)c(Br)c1. The van der Waals surface area contributed by atoms with Crippen LogP contribution < -0.4 is 4.74 Å². The van der Waals surface area contributed by atoms with Crippen molar-refractivity contribution in [3.05, 3.63) is 27.1 Å². The van der Waals surface area contributed by atoms with Gasteiger partial charge in [0.05, 0.1) is 6.61 Å². The molecule has 1 aromatic rings. The fraction of sp³-hybridized carbons (Fsp3) is 0.250. The molecule has 0 radical (unpaired) electrons. The first kappa shape index (κ1) is 10.5. The summed E-state index contributed by atoms with van der Waals surface area (Å²) in [7, 11) is 0. The van der Waals surface area contributed by atoms with Crippen LogP contribution in [0.5, 0.6) is 5.75 Å². The van der Waals surface area contributed by atoms with Gasteiger partial charge in [0, 0.05) is 14.3 Å². The van der Waals surface area contributed by atoms with E-state index in [-0.39, 0.29) is 0 Å². The standard InChI is InChI=1S/C8H7Br3O/c9-3-4-12-6-1-2-7(10)8(11)5-6/h1-2,5H,3-4H2. The van der Waals surface area contributed by atoms with E-state index in [1.807, 2.05) is 18.2 Å². The molecule has 0 spiro atoms. The minimum atomic E-state index is 0.689. The first-order valence-corrected chi connectivity index (χ1v) is 6.08. The number of benzene rings is 1. The molecule has 0 N–H and O–H groups in total. The third-order valence-electron chi connectivity index (χ3n) is 1.24. The maximum Gasteiger partial charge on any atom is 0.120 e. The van der Waals surface area contributed by atoms with Gasteiger partial charge in [-0.3, -0.25) is 0 Å². The summed E-state index contributed by atoms with van der Waals surface area (Å²) in [4.78, 5) is 0. The van der Waals surface area contributed by atoms with E-state index < -0.39 is 0 Å². The maximum atomic E-state index is 5.39. The van der Waals surface area contributed by atoms with Gasteiger partial charge in [-0.05, 0) is 50.1 Å². The normalized spacial score (nSPS) is 9.92. The molecule has 0 saturated heterocycles. The van der Waals surface area contributed by atoms with Crippen molar-refractivity contribution in [3.8, 4) is 5.75 Å². The van der Waals surface area contributed by atoms with Crippen molar-refractivity contribution in [2.45, 2.75) is 0 Å². The molecule has 0 saturated carbocycles. The molecule has 0 unspecified atom stereocenters. The van der Waals surface area contributed by atoms with Crippen LogP contribution in [0.4, 0.5) is 0 Å². The van der Waals surface area contributed by atoms with Crippen LogP contribution in [0.25, 0.3) is 0 Å². The largest absolute Gasteiger partial charge is 0.493 e. The number of rotatable bonds is 3. The molecule has 1 nitrogen and oxygen atoms in total. The third kappa shape index (κ3) is 3.07. The second-order valence-electron chi connectivity index (χ2n) is 2.11. The summed E-state index contributed by atoms with van der Waals surface area (Å²) in [5, 5.41) is 0.848. The van der Waals surface area contributed by atoms with Crippen LogP contribution in [0, 0.1) is 0 Å². The first-order valence-electron chi connectivity index (χ1n) is 3.38. The van der Waals surface area contributed by atoms with Crippen molar-refractivity contribution in [2.75, 3.05) is 11.9 Å². The van der Waals surface area contributed by atoms with Crippen molar-refractivity contribution in [3.63, 3.8) is 0 Å². The summed E-state index contributed by atoms with van der Waals surface area (Å²) in [5.74, 6) is 0.879. The van der Waals surface area contributed by atoms with Crippen molar-refractivity contribution in [1.29, 1.82) is 0 Å². The minimum Gasteiger partial charge on any atom is -0.493 e. The molecule has 0 bridgehead atoms. The fourth-order valence-corrected chi connectivity index (χ4v) is 1.49. The van der Waals surface area contributed by atoms with E-state index in [1.54, 1.807) is 0 Å². The first-order chi connectivity index (χ1) is 5.74. The summed E-state index contributed by atoms with van der Waals surface area (Å²) in [6.45, 7) is 0.689. The van der Waals surface area contributed by atoms with Crippen LogP contribution >= 0.6 is 47.8 Å². The van der Waals surface area contributed by atoms with Crippen molar-refractivity contribution in [1.82, 2.24) is 0 Å². The highest BCUT2D eigenvalue weighted by Gasteiger charge is 1.98. The minimum absolute atomic E-state index is 0.689. The van der Waals surface area contributed by atoms with Crippen LogP contribution in [0.2, 0.25) is 0 Å². The lowest BCUT2D eigenvalue weighted by atomic mass is 10.3. The lowest BCUT2D eigenvalue weighted by Crippen LogP contribution is -1.97.